The molecule has 0 amide bonds. The summed E-state index contributed by atoms with van der Waals surface area (Å²) in [6, 6.07) is 12.8. The Kier molecular flexibility index (Phi) is 6.61. The topological polar surface area (TPSA) is 45.7 Å². The molecule has 0 aliphatic heterocycles. The number of rotatable bonds is 6. The zero-order valence-corrected chi connectivity index (χ0v) is 14.4. The number of nitrogens with zero attached hydrogens (tertiary/aromatic N) is 1. The molecule has 128 valence electrons. The van der Waals surface area contributed by atoms with Crippen LogP contribution in [0.25, 0.3) is 0 Å². The fraction of sp³-hybridized carbons (Fsp3) is 0.316. The minimum Gasteiger partial charge on any atom is -0.496 e. The lowest BCUT2D eigenvalue weighted by Crippen LogP contribution is -2.37. The predicted octanol–water partition coefficient (Wildman–Crippen LogP) is 3.40. The first-order valence-electron chi connectivity index (χ1n) is 8.03. The SMILES string of the molecule is CCNC(=NCc1ccc(C)c(OC)c1)NCc1ccccc1F. The average molecular weight is 329 g/mol. The van der Waals surface area contributed by atoms with E-state index in [0.29, 0.717) is 24.6 Å². The van der Waals surface area contributed by atoms with Gasteiger partial charge in [0, 0.05) is 18.7 Å². The van der Waals surface area contributed by atoms with Crippen LogP contribution in [-0.2, 0) is 13.1 Å². The van der Waals surface area contributed by atoms with Crippen LogP contribution in [-0.4, -0.2) is 19.6 Å². The van der Waals surface area contributed by atoms with Crippen molar-refractivity contribution in [3.8, 4) is 5.75 Å². The number of halogens is 1. The van der Waals surface area contributed by atoms with Gasteiger partial charge in [-0.1, -0.05) is 30.3 Å². The van der Waals surface area contributed by atoms with Gasteiger partial charge in [-0.05, 0) is 37.1 Å². The average Bonchev–Trinajstić information content (AvgIpc) is 2.59. The number of hydrogen-bond acceptors (Lipinski definition) is 2. The number of aliphatic imine (C=N–C) groups is 1. The molecule has 0 atom stereocenters. The lowest BCUT2D eigenvalue weighted by molar-refractivity contribution is 0.411. The van der Waals surface area contributed by atoms with Crippen LogP contribution in [0.2, 0.25) is 0 Å². The largest absolute Gasteiger partial charge is 0.496 e. The number of ether oxygens (including phenoxy) is 1. The first-order chi connectivity index (χ1) is 11.6. The van der Waals surface area contributed by atoms with Crippen LogP contribution in [0, 0.1) is 12.7 Å². The van der Waals surface area contributed by atoms with Gasteiger partial charge < -0.3 is 15.4 Å². The minimum absolute atomic E-state index is 0.218. The molecule has 0 heterocycles. The van der Waals surface area contributed by atoms with E-state index >= 15 is 0 Å². The van der Waals surface area contributed by atoms with Crippen molar-refractivity contribution in [1.82, 2.24) is 10.6 Å². The highest BCUT2D eigenvalue weighted by Gasteiger charge is 2.04. The third-order valence-electron chi connectivity index (χ3n) is 3.64. The maximum atomic E-state index is 13.7. The Bertz CT molecular complexity index is 701. The molecular formula is C19H24FN3O. The van der Waals surface area contributed by atoms with Crippen molar-refractivity contribution in [2.24, 2.45) is 4.99 Å². The Morgan fingerprint density at radius 2 is 1.96 bits per heavy atom. The molecule has 2 rings (SSSR count). The molecule has 0 saturated carbocycles. The molecule has 5 heteroatoms. The molecule has 24 heavy (non-hydrogen) atoms. The standard InChI is InChI=1S/C19H24FN3O/c1-4-21-19(23-13-16-7-5-6-8-17(16)20)22-12-15-10-9-14(2)18(11-15)24-3/h5-11H,4,12-13H2,1-3H3,(H2,21,22,23). The third kappa shape index (κ3) is 4.98. The summed E-state index contributed by atoms with van der Waals surface area (Å²) in [4.78, 5) is 4.55. The minimum atomic E-state index is -0.218. The Balaban J connectivity index is 2.04. The summed E-state index contributed by atoms with van der Waals surface area (Å²) in [7, 11) is 1.66. The van der Waals surface area contributed by atoms with Crippen LogP contribution in [0.3, 0.4) is 0 Å². The lowest BCUT2D eigenvalue weighted by Gasteiger charge is -2.12. The van der Waals surface area contributed by atoms with Gasteiger partial charge in [-0.25, -0.2) is 9.38 Å². The first-order valence-corrected chi connectivity index (χ1v) is 8.03. The summed E-state index contributed by atoms with van der Waals surface area (Å²) in [6.07, 6.45) is 0. The molecule has 0 spiro atoms. The molecule has 0 aliphatic rings. The van der Waals surface area contributed by atoms with Gasteiger partial charge in [0.15, 0.2) is 5.96 Å². The number of hydrogen-bond donors (Lipinski definition) is 2. The monoisotopic (exact) mass is 329 g/mol. The molecule has 0 saturated heterocycles. The molecule has 2 aromatic carbocycles. The highest BCUT2D eigenvalue weighted by Crippen LogP contribution is 2.19. The highest BCUT2D eigenvalue weighted by molar-refractivity contribution is 5.79. The van der Waals surface area contributed by atoms with Gasteiger partial charge in [-0.3, -0.25) is 0 Å². The van der Waals surface area contributed by atoms with E-state index in [1.54, 1.807) is 19.2 Å². The van der Waals surface area contributed by atoms with E-state index in [-0.39, 0.29) is 5.82 Å². The number of benzene rings is 2. The molecule has 0 fully saturated rings. The molecule has 0 bridgehead atoms. The van der Waals surface area contributed by atoms with Gasteiger partial charge in [0.2, 0.25) is 0 Å². The van der Waals surface area contributed by atoms with E-state index in [1.165, 1.54) is 6.07 Å². The second kappa shape index (κ2) is 8.91. The smallest absolute Gasteiger partial charge is 0.191 e. The van der Waals surface area contributed by atoms with Crippen molar-refractivity contribution in [1.29, 1.82) is 0 Å². The summed E-state index contributed by atoms with van der Waals surface area (Å²) >= 11 is 0. The van der Waals surface area contributed by atoms with E-state index in [9.17, 15) is 4.39 Å². The van der Waals surface area contributed by atoms with E-state index < -0.39 is 0 Å². The van der Waals surface area contributed by atoms with Crippen LogP contribution in [0.15, 0.2) is 47.5 Å². The molecule has 2 N–H and O–H groups in total. The maximum Gasteiger partial charge on any atom is 0.191 e. The number of guanidine groups is 1. The number of methoxy groups -OCH3 is 1. The predicted molar refractivity (Wildman–Crippen MR) is 95.8 cm³/mol. The van der Waals surface area contributed by atoms with Gasteiger partial charge in [0.05, 0.1) is 13.7 Å². The second-order valence-corrected chi connectivity index (χ2v) is 5.44. The Morgan fingerprint density at radius 1 is 1.17 bits per heavy atom. The summed E-state index contributed by atoms with van der Waals surface area (Å²) in [5, 5.41) is 6.32. The van der Waals surface area contributed by atoms with Crippen molar-refractivity contribution in [2.45, 2.75) is 26.9 Å². The fourth-order valence-electron chi connectivity index (χ4n) is 2.30. The van der Waals surface area contributed by atoms with Crippen LogP contribution in [0.5, 0.6) is 5.75 Å². The van der Waals surface area contributed by atoms with Gasteiger partial charge >= 0.3 is 0 Å². The van der Waals surface area contributed by atoms with E-state index in [0.717, 1.165) is 23.4 Å². The molecule has 0 aromatic heterocycles. The molecule has 4 nitrogen and oxygen atoms in total. The zero-order chi connectivity index (χ0) is 17.4. The third-order valence-corrected chi connectivity index (χ3v) is 3.64. The second-order valence-electron chi connectivity index (χ2n) is 5.44. The van der Waals surface area contributed by atoms with Gasteiger partial charge in [-0.2, -0.15) is 0 Å². The van der Waals surface area contributed by atoms with Crippen LogP contribution < -0.4 is 15.4 Å². The van der Waals surface area contributed by atoms with Gasteiger partial charge in [-0.15, -0.1) is 0 Å². The lowest BCUT2D eigenvalue weighted by atomic mass is 10.1. The van der Waals surface area contributed by atoms with E-state index in [1.807, 2.05) is 38.1 Å². The normalized spacial score (nSPS) is 11.2. The van der Waals surface area contributed by atoms with Crippen LogP contribution >= 0.6 is 0 Å². The Hall–Kier alpha value is -2.56. The fourth-order valence-corrected chi connectivity index (χ4v) is 2.30. The van der Waals surface area contributed by atoms with Crippen molar-refractivity contribution >= 4 is 5.96 Å². The number of nitrogens with one attached hydrogen (secondary N) is 2. The Labute approximate surface area is 142 Å². The molecular weight excluding hydrogens is 305 g/mol. The van der Waals surface area contributed by atoms with Crippen LogP contribution in [0.4, 0.5) is 4.39 Å². The highest BCUT2D eigenvalue weighted by atomic mass is 19.1. The van der Waals surface area contributed by atoms with E-state index in [2.05, 4.69) is 15.6 Å². The van der Waals surface area contributed by atoms with Crippen molar-refractivity contribution in [3.63, 3.8) is 0 Å². The van der Waals surface area contributed by atoms with Gasteiger partial charge in [0.1, 0.15) is 11.6 Å². The summed E-state index contributed by atoms with van der Waals surface area (Å²) in [6.45, 7) is 5.64. The summed E-state index contributed by atoms with van der Waals surface area (Å²) < 4.78 is 19.0. The van der Waals surface area contributed by atoms with E-state index in [4.69, 9.17) is 4.74 Å². The maximum absolute atomic E-state index is 13.7. The van der Waals surface area contributed by atoms with Crippen molar-refractivity contribution in [3.05, 3.63) is 65.0 Å². The Morgan fingerprint density at radius 3 is 2.67 bits per heavy atom. The first kappa shape index (κ1) is 17.8. The van der Waals surface area contributed by atoms with Gasteiger partial charge in [0.25, 0.3) is 0 Å². The quantitative estimate of drug-likeness (QED) is 0.631. The summed E-state index contributed by atoms with van der Waals surface area (Å²) in [5.41, 5.74) is 2.76. The number of aryl methyl sites for hydroxylation is 1. The molecule has 0 radical (unpaired) electrons. The zero-order valence-electron chi connectivity index (χ0n) is 14.4. The molecule has 2 aromatic rings. The van der Waals surface area contributed by atoms with Crippen molar-refractivity contribution < 1.29 is 9.13 Å². The summed E-state index contributed by atoms with van der Waals surface area (Å²) in [5.74, 6) is 1.29. The van der Waals surface area contributed by atoms with Crippen molar-refractivity contribution in [2.75, 3.05) is 13.7 Å². The van der Waals surface area contributed by atoms with Crippen LogP contribution in [0.1, 0.15) is 23.6 Å². The molecule has 0 unspecified atom stereocenters. The molecule has 0 aliphatic carbocycles.